The second-order valence-electron chi connectivity index (χ2n) is 6.02. The van der Waals surface area contributed by atoms with Gasteiger partial charge in [-0.3, -0.25) is 0 Å². The van der Waals surface area contributed by atoms with Crippen LogP contribution in [-0.4, -0.2) is 35.4 Å². The van der Waals surface area contributed by atoms with Gasteiger partial charge in [0.15, 0.2) is 0 Å². The SMILES string of the molecule is CC(C)NCC(O)COc1cc([18F])cc2[nH]c3ccccc3c12. The topological polar surface area (TPSA) is 57.3 Å². The van der Waals surface area contributed by atoms with Crippen LogP contribution >= 0.6 is 0 Å². The first kappa shape index (κ1) is 15.8. The second kappa shape index (κ2) is 6.56. The van der Waals surface area contributed by atoms with E-state index in [0.29, 0.717) is 23.9 Å². The smallest absolute Gasteiger partial charge is 0.132 e. The molecule has 1 aromatic heterocycles. The summed E-state index contributed by atoms with van der Waals surface area (Å²) in [6.45, 7) is 4.56. The van der Waals surface area contributed by atoms with Gasteiger partial charge in [0, 0.05) is 34.9 Å². The van der Waals surface area contributed by atoms with Crippen molar-refractivity contribution < 1.29 is 14.2 Å². The zero-order chi connectivity index (χ0) is 16.4. The normalized spacial score (nSPS) is 13.1. The van der Waals surface area contributed by atoms with Crippen LogP contribution in [0.15, 0.2) is 36.4 Å². The Kier molecular flexibility index (Phi) is 4.50. The molecule has 0 aliphatic heterocycles. The van der Waals surface area contributed by atoms with E-state index in [9.17, 15) is 9.50 Å². The summed E-state index contributed by atoms with van der Waals surface area (Å²) in [6, 6.07) is 10.9. The van der Waals surface area contributed by atoms with E-state index in [2.05, 4.69) is 10.3 Å². The zero-order valence-corrected chi connectivity index (χ0v) is 13.3. The van der Waals surface area contributed by atoms with E-state index >= 15 is 0 Å². The highest BCUT2D eigenvalue weighted by Crippen LogP contribution is 2.34. The highest BCUT2D eigenvalue weighted by Gasteiger charge is 2.13. The van der Waals surface area contributed by atoms with Crippen molar-refractivity contribution in [2.75, 3.05) is 13.2 Å². The minimum absolute atomic E-state index is 0.109. The Morgan fingerprint density at radius 1 is 1.22 bits per heavy atom. The molecule has 0 bridgehead atoms. The fourth-order valence-corrected chi connectivity index (χ4v) is 2.64. The van der Waals surface area contributed by atoms with E-state index in [-0.39, 0.29) is 12.4 Å². The Morgan fingerprint density at radius 3 is 2.78 bits per heavy atom. The van der Waals surface area contributed by atoms with Crippen LogP contribution < -0.4 is 10.1 Å². The van der Waals surface area contributed by atoms with Crippen LogP contribution in [0.4, 0.5) is 4.39 Å². The second-order valence-corrected chi connectivity index (χ2v) is 6.02. The molecular formula is C18H21FN2O2. The number of benzene rings is 2. The summed E-state index contributed by atoms with van der Waals surface area (Å²) in [4.78, 5) is 3.19. The molecule has 1 unspecified atom stereocenters. The molecule has 2 aromatic carbocycles. The lowest BCUT2D eigenvalue weighted by Gasteiger charge is -2.15. The van der Waals surface area contributed by atoms with Crippen molar-refractivity contribution >= 4 is 21.8 Å². The van der Waals surface area contributed by atoms with Gasteiger partial charge in [0.1, 0.15) is 24.3 Å². The third kappa shape index (κ3) is 3.46. The van der Waals surface area contributed by atoms with E-state index < -0.39 is 6.10 Å². The fourth-order valence-electron chi connectivity index (χ4n) is 2.64. The first-order valence-electron chi connectivity index (χ1n) is 7.79. The third-order valence-corrected chi connectivity index (χ3v) is 3.73. The lowest BCUT2D eigenvalue weighted by Crippen LogP contribution is -2.35. The van der Waals surface area contributed by atoms with E-state index in [1.165, 1.54) is 12.1 Å². The van der Waals surface area contributed by atoms with Gasteiger partial charge in [0.25, 0.3) is 0 Å². The average Bonchev–Trinajstić information content (AvgIpc) is 2.88. The standard InChI is InChI=1S/C18H21FN2O2/c1-11(2)20-9-13(22)10-23-17-8-12(19)7-16-18(17)14-5-3-4-6-15(14)21-16/h3-8,11,13,20-22H,9-10H2,1-2H3/i19-1. The predicted octanol–water partition coefficient (Wildman–Crippen LogP) is 3.20. The number of aliphatic hydroxyl groups excluding tert-OH is 1. The molecule has 122 valence electrons. The molecule has 3 rings (SSSR count). The van der Waals surface area contributed by atoms with Gasteiger partial charge >= 0.3 is 0 Å². The van der Waals surface area contributed by atoms with Gasteiger partial charge in [-0.25, -0.2) is 4.39 Å². The van der Waals surface area contributed by atoms with E-state index in [1.807, 2.05) is 38.1 Å². The van der Waals surface area contributed by atoms with E-state index in [0.717, 1.165) is 16.3 Å². The number of nitrogens with one attached hydrogen (secondary N) is 2. The van der Waals surface area contributed by atoms with Gasteiger partial charge < -0.3 is 20.1 Å². The van der Waals surface area contributed by atoms with Crippen LogP contribution in [0.1, 0.15) is 13.8 Å². The molecule has 0 fully saturated rings. The number of para-hydroxylation sites is 1. The number of hydrogen-bond acceptors (Lipinski definition) is 3. The Balaban J connectivity index is 1.87. The van der Waals surface area contributed by atoms with Gasteiger partial charge in [-0.2, -0.15) is 0 Å². The molecule has 1 atom stereocenters. The quantitative estimate of drug-likeness (QED) is 0.655. The molecule has 23 heavy (non-hydrogen) atoms. The minimum atomic E-state index is -0.652. The molecule has 0 spiro atoms. The van der Waals surface area contributed by atoms with Crippen molar-refractivity contribution in [3.63, 3.8) is 0 Å². The molecule has 4 nitrogen and oxygen atoms in total. The van der Waals surface area contributed by atoms with Crippen LogP contribution in [-0.2, 0) is 0 Å². The molecule has 0 aliphatic rings. The number of aromatic nitrogens is 1. The van der Waals surface area contributed by atoms with Gasteiger partial charge in [-0.15, -0.1) is 0 Å². The summed E-state index contributed by atoms with van der Waals surface area (Å²) in [6.07, 6.45) is -0.652. The Bertz CT molecular complexity index is 813. The van der Waals surface area contributed by atoms with E-state index in [4.69, 9.17) is 4.74 Å². The summed E-state index contributed by atoms with van der Waals surface area (Å²) in [5.74, 6) is 0.0786. The van der Waals surface area contributed by atoms with Crippen LogP contribution in [0.25, 0.3) is 21.8 Å². The maximum atomic E-state index is 13.8. The van der Waals surface area contributed by atoms with Crippen molar-refractivity contribution in [3.05, 3.63) is 42.2 Å². The van der Waals surface area contributed by atoms with Crippen molar-refractivity contribution in [1.82, 2.24) is 10.3 Å². The predicted molar refractivity (Wildman–Crippen MR) is 90.4 cm³/mol. The largest absolute Gasteiger partial charge is 0.490 e. The minimum Gasteiger partial charge on any atom is -0.490 e. The maximum Gasteiger partial charge on any atom is 0.132 e. The number of H-pyrrole nitrogens is 1. The molecule has 5 heteroatoms. The van der Waals surface area contributed by atoms with Crippen molar-refractivity contribution in [2.45, 2.75) is 26.0 Å². The Hall–Kier alpha value is -2.11. The maximum absolute atomic E-state index is 13.8. The molecule has 0 amide bonds. The number of aliphatic hydroxyl groups is 1. The summed E-state index contributed by atoms with van der Waals surface area (Å²) in [5.41, 5.74) is 1.62. The highest BCUT2D eigenvalue weighted by molar-refractivity contribution is 6.10. The van der Waals surface area contributed by atoms with Crippen molar-refractivity contribution in [1.29, 1.82) is 0 Å². The molecule has 0 saturated carbocycles. The molecule has 0 aliphatic carbocycles. The number of fused-ring (bicyclic) bond motifs is 3. The number of rotatable bonds is 6. The molecule has 3 aromatic rings. The number of halogens is 1. The van der Waals surface area contributed by atoms with Gasteiger partial charge in [0.05, 0.1) is 5.52 Å². The molecule has 3 N–H and O–H groups in total. The van der Waals surface area contributed by atoms with Crippen LogP contribution in [0.5, 0.6) is 5.75 Å². The molecule has 0 radical (unpaired) electrons. The monoisotopic (exact) mass is 315 g/mol. The van der Waals surface area contributed by atoms with Crippen LogP contribution in [0.3, 0.4) is 0 Å². The van der Waals surface area contributed by atoms with Crippen molar-refractivity contribution in [2.24, 2.45) is 0 Å². The lowest BCUT2D eigenvalue weighted by atomic mass is 10.1. The van der Waals surface area contributed by atoms with Gasteiger partial charge in [-0.05, 0) is 12.1 Å². The Labute approximate surface area is 134 Å². The summed E-state index contributed by atoms with van der Waals surface area (Å²) >= 11 is 0. The third-order valence-electron chi connectivity index (χ3n) is 3.73. The van der Waals surface area contributed by atoms with Crippen molar-refractivity contribution in [3.8, 4) is 5.75 Å². The summed E-state index contributed by atoms with van der Waals surface area (Å²) < 4.78 is 19.5. The molecule has 0 saturated heterocycles. The first-order chi connectivity index (χ1) is 11.0. The number of aromatic amines is 1. The highest BCUT2D eigenvalue weighted by atomic mass is 18.2. The summed E-state index contributed by atoms with van der Waals surface area (Å²) in [7, 11) is 0. The summed E-state index contributed by atoms with van der Waals surface area (Å²) in [5, 5.41) is 14.9. The number of ether oxygens (including phenoxy) is 1. The fraction of sp³-hybridized carbons (Fsp3) is 0.333. The van der Waals surface area contributed by atoms with Gasteiger partial charge in [-0.1, -0.05) is 32.0 Å². The van der Waals surface area contributed by atoms with Crippen LogP contribution in [0, 0.1) is 5.82 Å². The Morgan fingerprint density at radius 2 is 2.00 bits per heavy atom. The lowest BCUT2D eigenvalue weighted by molar-refractivity contribution is 0.105. The van der Waals surface area contributed by atoms with Crippen LogP contribution in [0.2, 0.25) is 0 Å². The number of hydrogen-bond donors (Lipinski definition) is 3. The molecule has 1 heterocycles. The molecular weight excluding hydrogens is 294 g/mol. The first-order valence-corrected chi connectivity index (χ1v) is 7.79. The van der Waals surface area contributed by atoms with E-state index in [1.54, 1.807) is 0 Å². The van der Waals surface area contributed by atoms with Gasteiger partial charge in [0.2, 0.25) is 0 Å². The average molecular weight is 315 g/mol. The zero-order valence-electron chi connectivity index (χ0n) is 13.3.